The van der Waals surface area contributed by atoms with Gasteiger partial charge in [-0.3, -0.25) is 4.79 Å². The highest BCUT2D eigenvalue weighted by Gasteiger charge is 2.31. The van der Waals surface area contributed by atoms with E-state index in [1.54, 1.807) is 0 Å². The molecular formula is C13H16BrNO3S. The van der Waals surface area contributed by atoms with E-state index in [1.807, 2.05) is 25.1 Å². The molecule has 6 heteroatoms. The Balaban J connectivity index is 1.99. The molecule has 0 aliphatic carbocycles. The van der Waals surface area contributed by atoms with Gasteiger partial charge < -0.3 is 0 Å². The lowest BCUT2D eigenvalue weighted by Gasteiger charge is -2.14. The Labute approximate surface area is 122 Å². The molecule has 1 aromatic carbocycles. The maximum atomic E-state index is 11.9. The molecule has 0 spiro atoms. The summed E-state index contributed by atoms with van der Waals surface area (Å²) in [4.78, 5) is 11.9. The summed E-state index contributed by atoms with van der Waals surface area (Å²) in [6.07, 6.45) is 1.35. The molecule has 19 heavy (non-hydrogen) atoms. The molecule has 4 nitrogen and oxygen atoms in total. The van der Waals surface area contributed by atoms with Gasteiger partial charge in [-0.1, -0.05) is 28.1 Å². The summed E-state index contributed by atoms with van der Waals surface area (Å²) in [6, 6.07) is 5.90. The van der Waals surface area contributed by atoms with Crippen LogP contribution in [0.15, 0.2) is 22.7 Å². The van der Waals surface area contributed by atoms with E-state index in [2.05, 4.69) is 15.9 Å². The van der Waals surface area contributed by atoms with E-state index in [0.717, 1.165) is 19.9 Å². The van der Waals surface area contributed by atoms with Crippen LogP contribution in [-0.2, 0) is 21.2 Å². The first-order chi connectivity index (χ1) is 8.90. The molecule has 2 rings (SSSR count). The largest absolute Gasteiger partial charge is 0.274 e. The molecule has 0 radical (unpaired) electrons. The number of benzene rings is 1. The van der Waals surface area contributed by atoms with E-state index in [9.17, 15) is 13.2 Å². The van der Waals surface area contributed by atoms with Gasteiger partial charge in [0.2, 0.25) is 15.9 Å². The van der Waals surface area contributed by atoms with Gasteiger partial charge in [0, 0.05) is 17.4 Å². The van der Waals surface area contributed by atoms with Crippen LogP contribution in [0.2, 0.25) is 0 Å². The summed E-state index contributed by atoms with van der Waals surface area (Å²) in [5.41, 5.74) is 2.16. The highest BCUT2D eigenvalue weighted by Crippen LogP contribution is 2.19. The number of amides is 1. The Morgan fingerprint density at radius 3 is 2.74 bits per heavy atom. The van der Waals surface area contributed by atoms with Crippen LogP contribution in [0, 0.1) is 6.92 Å². The molecular weight excluding hydrogens is 330 g/mol. The quantitative estimate of drug-likeness (QED) is 0.844. The monoisotopic (exact) mass is 345 g/mol. The molecule has 1 aliphatic heterocycles. The number of hydrogen-bond acceptors (Lipinski definition) is 3. The second kappa shape index (κ2) is 5.63. The SMILES string of the molecule is Cc1cc(CCC(=O)N2CCCS2(=O)=O)ccc1Br. The third kappa shape index (κ3) is 3.36. The molecule has 0 saturated carbocycles. The lowest BCUT2D eigenvalue weighted by Crippen LogP contribution is -2.32. The van der Waals surface area contributed by atoms with Crippen molar-refractivity contribution in [2.24, 2.45) is 0 Å². The number of hydrogen-bond donors (Lipinski definition) is 0. The number of aryl methyl sites for hydroxylation is 2. The van der Waals surface area contributed by atoms with E-state index < -0.39 is 10.0 Å². The van der Waals surface area contributed by atoms with Gasteiger partial charge in [0.1, 0.15) is 0 Å². The van der Waals surface area contributed by atoms with Gasteiger partial charge >= 0.3 is 0 Å². The van der Waals surface area contributed by atoms with Crippen molar-refractivity contribution in [1.29, 1.82) is 0 Å². The molecule has 0 N–H and O–H groups in total. The number of carbonyl (C=O) groups excluding carboxylic acids is 1. The smallest absolute Gasteiger partial charge is 0.237 e. The Hall–Kier alpha value is -0.880. The third-order valence-corrected chi connectivity index (χ3v) is 5.98. The summed E-state index contributed by atoms with van der Waals surface area (Å²) in [5, 5.41) is 0. The van der Waals surface area contributed by atoms with Gasteiger partial charge in [-0.2, -0.15) is 0 Å². The van der Waals surface area contributed by atoms with Crippen LogP contribution >= 0.6 is 15.9 Å². The van der Waals surface area contributed by atoms with Crippen LogP contribution in [0.1, 0.15) is 24.0 Å². The first-order valence-corrected chi connectivity index (χ1v) is 8.58. The summed E-state index contributed by atoms with van der Waals surface area (Å²) in [5.74, 6) is -0.200. The van der Waals surface area contributed by atoms with Crippen LogP contribution < -0.4 is 0 Å². The Kier molecular flexibility index (Phi) is 4.30. The summed E-state index contributed by atoms with van der Waals surface area (Å²) < 4.78 is 25.3. The number of nitrogens with zero attached hydrogens (tertiary/aromatic N) is 1. The minimum absolute atomic E-state index is 0.0934. The van der Waals surface area contributed by atoms with Crippen molar-refractivity contribution in [3.05, 3.63) is 33.8 Å². The first-order valence-electron chi connectivity index (χ1n) is 6.18. The third-order valence-electron chi connectivity index (χ3n) is 3.23. The summed E-state index contributed by atoms with van der Waals surface area (Å²) in [6.45, 7) is 2.32. The van der Waals surface area contributed by atoms with Crippen LogP contribution in [0.25, 0.3) is 0 Å². The fraction of sp³-hybridized carbons (Fsp3) is 0.462. The van der Waals surface area contributed by atoms with E-state index in [1.165, 1.54) is 0 Å². The molecule has 104 valence electrons. The topological polar surface area (TPSA) is 54.5 Å². The van der Waals surface area contributed by atoms with Gasteiger partial charge in [0.25, 0.3) is 0 Å². The number of rotatable bonds is 3. The minimum Gasteiger partial charge on any atom is -0.274 e. The molecule has 0 unspecified atom stereocenters. The zero-order chi connectivity index (χ0) is 14.0. The van der Waals surface area contributed by atoms with Gasteiger partial charge in [0.15, 0.2) is 0 Å². The van der Waals surface area contributed by atoms with Crippen molar-refractivity contribution in [3.8, 4) is 0 Å². The summed E-state index contributed by atoms with van der Waals surface area (Å²) >= 11 is 3.42. The lowest BCUT2D eigenvalue weighted by molar-refractivity contribution is -0.126. The van der Waals surface area contributed by atoms with Gasteiger partial charge in [0.05, 0.1) is 5.75 Å². The number of sulfonamides is 1. The summed E-state index contributed by atoms with van der Waals surface area (Å²) in [7, 11) is -3.33. The van der Waals surface area contributed by atoms with E-state index in [4.69, 9.17) is 0 Å². The molecule has 1 amide bonds. The Morgan fingerprint density at radius 2 is 2.16 bits per heavy atom. The average Bonchev–Trinajstić information content (AvgIpc) is 2.70. The Bertz CT molecular complexity index is 598. The number of halogens is 1. The van der Waals surface area contributed by atoms with Crippen molar-refractivity contribution in [2.75, 3.05) is 12.3 Å². The van der Waals surface area contributed by atoms with Crippen LogP contribution in [0.4, 0.5) is 0 Å². The van der Waals surface area contributed by atoms with Crippen molar-refractivity contribution < 1.29 is 13.2 Å². The molecule has 0 atom stereocenters. The molecule has 0 aromatic heterocycles. The number of carbonyl (C=O) groups is 1. The second-order valence-electron chi connectivity index (χ2n) is 4.72. The van der Waals surface area contributed by atoms with Crippen molar-refractivity contribution in [3.63, 3.8) is 0 Å². The predicted octanol–water partition coefficient (Wildman–Crippen LogP) is 2.25. The Morgan fingerprint density at radius 1 is 1.42 bits per heavy atom. The fourth-order valence-corrected chi connectivity index (χ4v) is 3.93. The highest BCUT2D eigenvalue weighted by molar-refractivity contribution is 9.10. The zero-order valence-corrected chi connectivity index (χ0v) is 13.1. The molecule has 0 bridgehead atoms. The maximum Gasteiger partial charge on any atom is 0.237 e. The van der Waals surface area contributed by atoms with E-state index in [-0.39, 0.29) is 18.1 Å². The van der Waals surface area contributed by atoms with Crippen LogP contribution in [0.5, 0.6) is 0 Å². The van der Waals surface area contributed by atoms with Crippen molar-refractivity contribution in [2.45, 2.75) is 26.2 Å². The van der Waals surface area contributed by atoms with E-state index in [0.29, 0.717) is 19.4 Å². The van der Waals surface area contributed by atoms with Crippen LogP contribution in [0.3, 0.4) is 0 Å². The average molecular weight is 346 g/mol. The second-order valence-corrected chi connectivity index (χ2v) is 7.59. The van der Waals surface area contributed by atoms with Crippen molar-refractivity contribution in [1.82, 2.24) is 4.31 Å². The zero-order valence-electron chi connectivity index (χ0n) is 10.7. The maximum absolute atomic E-state index is 11.9. The first kappa shape index (κ1) is 14.5. The minimum atomic E-state index is -3.33. The predicted molar refractivity (Wildman–Crippen MR) is 77.3 cm³/mol. The normalized spacial score (nSPS) is 17.7. The molecule has 1 saturated heterocycles. The lowest BCUT2D eigenvalue weighted by atomic mass is 10.1. The van der Waals surface area contributed by atoms with Gasteiger partial charge in [-0.15, -0.1) is 0 Å². The standard InChI is InChI=1S/C13H16BrNO3S/c1-10-9-11(3-5-12(10)14)4-6-13(16)15-7-2-8-19(15,17)18/h3,5,9H,2,4,6-8H2,1H3. The molecule has 1 aromatic rings. The molecule has 1 fully saturated rings. The van der Waals surface area contributed by atoms with Gasteiger partial charge in [-0.25, -0.2) is 12.7 Å². The fourth-order valence-electron chi connectivity index (χ4n) is 2.16. The molecule has 1 aliphatic rings. The van der Waals surface area contributed by atoms with Crippen LogP contribution in [-0.4, -0.2) is 30.9 Å². The molecule has 1 heterocycles. The highest BCUT2D eigenvalue weighted by atomic mass is 79.9. The van der Waals surface area contributed by atoms with Gasteiger partial charge in [-0.05, 0) is 37.0 Å². The van der Waals surface area contributed by atoms with E-state index >= 15 is 0 Å². The van der Waals surface area contributed by atoms with Crippen molar-refractivity contribution >= 4 is 31.9 Å².